The van der Waals surface area contributed by atoms with Gasteiger partial charge in [0.1, 0.15) is 11.6 Å². The lowest BCUT2D eigenvalue weighted by Gasteiger charge is -2.35. The van der Waals surface area contributed by atoms with E-state index in [2.05, 4.69) is 4.72 Å². The molecule has 0 aromatic heterocycles. The average Bonchev–Trinajstić information content (AvgIpc) is 3.06. The van der Waals surface area contributed by atoms with Crippen molar-refractivity contribution in [1.29, 1.82) is 0 Å². The summed E-state index contributed by atoms with van der Waals surface area (Å²) in [4.78, 5) is 15.8. The van der Waals surface area contributed by atoms with E-state index in [1.54, 1.807) is 25.1 Å². The summed E-state index contributed by atoms with van der Waals surface area (Å²) in [7, 11) is -6.44. The van der Waals surface area contributed by atoms with Gasteiger partial charge in [-0.1, -0.05) is 25.1 Å². The Labute approximate surface area is 282 Å². The van der Waals surface area contributed by atoms with E-state index in [4.69, 9.17) is 9.47 Å². The molecule has 262 valence electrons. The molecule has 4 atom stereocenters. The molecule has 14 heteroatoms. The number of hydrogen-bond acceptors (Lipinski definition) is 8. The van der Waals surface area contributed by atoms with Crippen molar-refractivity contribution >= 4 is 31.6 Å². The number of aliphatic hydroxyl groups is 1. The van der Waals surface area contributed by atoms with Crippen LogP contribution in [0.3, 0.4) is 0 Å². The number of carbonyl (C=O) groups is 1. The van der Waals surface area contributed by atoms with Crippen molar-refractivity contribution in [1.82, 2.24) is 9.21 Å². The zero-order chi connectivity index (χ0) is 35.1. The Balaban J connectivity index is 1.68. The summed E-state index contributed by atoms with van der Waals surface area (Å²) in [6, 6.07) is 16.2. The van der Waals surface area contributed by atoms with Crippen LogP contribution in [0.15, 0.2) is 82.6 Å². The number of halogens is 1. The first-order valence-corrected chi connectivity index (χ1v) is 18.8. The highest BCUT2D eigenvalue weighted by Gasteiger charge is 2.32. The van der Waals surface area contributed by atoms with Crippen molar-refractivity contribution in [3.05, 3.63) is 84.2 Å². The standard InChI is InChI=1S/C34H44FN3O8S2/c1-24-21-38(25(2)23-39)34(40)31-20-28(36-47(41,42)29-16-13-27(35)14-17-29)15-18-32(31)46-26(3)10-8-9-19-45-33(24)22-37(4)48(43,44)30-11-6-5-7-12-30/h5-7,11-18,20,24-26,33,36,39H,8-10,19,21-23H2,1-4H3/t24-,25+,26+,33+/m0/s1. The largest absolute Gasteiger partial charge is 0.490 e. The maximum absolute atomic E-state index is 14.3. The minimum atomic E-state index is -4.12. The molecule has 1 aliphatic rings. The molecular formula is C34H44FN3O8S2. The van der Waals surface area contributed by atoms with Gasteiger partial charge in [-0.3, -0.25) is 9.52 Å². The first kappa shape index (κ1) is 37.3. The van der Waals surface area contributed by atoms with Gasteiger partial charge in [0.05, 0.1) is 40.2 Å². The van der Waals surface area contributed by atoms with Crippen molar-refractivity contribution in [2.24, 2.45) is 5.92 Å². The van der Waals surface area contributed by atoms with Crippen LogP contribution in [-0.4, -0.2) is 88.7 Å². The van der Waals surface area contributed by atoms with Gasteiger partial charge in [-0.05, 0) is 87.7 Å². The fourth-order valence-corrected chi connectivity index (χ4v) is 7.65. The molecule has 2 N–H and O–H groups in total. The summed E-state index contributed by atoms with van der Waals surface area (Å²) in [5, 5.41) is 10.2. The van der Waals surface area contributed by atoms with Gasteiger partial charge < -0.3 is 19.5 Å². The smallest absolute Gasteiger partial charge is 0.261 e. The maximum atomic E-state index is 14.3. The van der Waals surface area contributed by atoms with Crippen LogP contribution in [0.4, 0.5) is 10.1 Å². The second kappa shape index (κ2) is 16.2. The van der Waals surface area contributed by atoms with E-state index < -0.39 is 43.9 Å². The van der Waals surface area contributed by atoms with Crippen molar-refractivity contribution in [3.8, 4) is 5.75 Å². The Morgan fingerprint density at radius 2 is 1.69 bits per heavy atom. The van der Waals surface area contributed by atoms with Gasteiger partial charge >= 0.3 is 0 Å². The summed E-state index contributed by atoms with van der Waals surface area (Å²) in [6.07, 6.45) is 1.17. The first-order chi connectivity index (χ1) is 22.7. The highest BCUT2D eigenvalue weighted by Crippen LogP contribution is 2.30. The third-order valence-electron chi connectivity index (χ3n) is 8.32. The van der Waals surface area contributed by atoms with E-state index in [0.717, 1.165) is 30.7 Å². The van der Waals surface area contributed by atoms with Gasteiger partial charge in [0.2, 0.25) is 10.0 Å². The zero-order valence-corrected chi connectivity index (χ0v) is 29.2. The highest BCUT2D eigenvalue weighted by atomic mass is 32.2. The molecule has 0 fully saturated rings. The SMILES string of the molecule is C[C@@H]1CCCCO[C@H](CN(C)S(=O)(=O)c2ccccc2)[C@@H](C)CN([C@H](C)CO)C(=O)c2cc(NS(=O)(=O)c3ccc(F)cc3)ccc2O1. The second-order valence-corrected chi connectivity index (χ2v) is 15.9. The quantitative estimate of drug-likeness (QED) is 0.325. The lowest BCUT2D eigenvalue weighted by molar-refractivity contribution is -0.00833. The van der Waals surface area contributed by atoms with Crippen molar-refractivity contribution in [2.45, 2.75) is 68.1 Å². The van der Waals surface area contributed by atoms with Gasteiger partial charge in [0.15, 0.2) is 0 Å². The van der Waals surface area contributed by atoms with Crippen LogP contribution in [-0.2, 0) is 24.8 Å². The number of likely N-dealkylation sites (N-methyl/N-ethyl adjacent to an activating group) is 1. The summed E-state index contributed by atoms with van der Waals surface area (Å²) in [6.45, 7) is 5.53. The third-order valence-corrected chi connectivity index (χ3v) is 11.6. The number of sulfonamides is 2. The van der Waals surface area contributed by atoms with E-state index in [9.17, 15) is 31.1 Å². The van der Waals surface area contributed by atoms with Gasteiger partial charge in [-0.15, -0.1) is 0 Å². The fraction of sp³-hybridized carbons (Fsp3) is 0.441. The molecule has 0 saturated carbocycles. The maximum Gasteiger partial charge on any atom is 0.261 e. The predicted octanol–water partition coefficient (Wildman–Crippen LogP) is 4.74. The van der Waals surface area contributed by atoms with E-state index in [0.29, 0.717) is 19.4 Å². The van der Waals surface area contributed by atoms with Crippen LogP contribution in [0.1, 0.15) is 50.4 Å². The average molecular weight is 706 g/mol. The Morgan fingerprint density at radius 1 is 1.00 bits per heavy atom. The molecule has 0 bridgehead atoms. The molecule has 0 radical (unpaired) electrons. The van der Waals surface area contributed by atoms with Crippen LogP contribution in [0.2, 0.25) is 0 Å². The first-order valence-electron chi connectivity index (χ1n) is 15.9. The number of fused-ring (bicyclic) bond motifs is 1. The number of nitrogens with zero attached hydrogens (tertiary/aromatic N) is 2. The van der Waals surface area contributed by atoms with Gasteiger partial charge in [-0.2, -0.15) is 4.31 Å². The summed E-state index contributed by atoms with van der Waals surface area (Å²) >= 11 is 0. The minimum absolute atomic E-state index is 0.0271. The number of hydrogen-bond donors (Lipinski definition) is 2. The molecule has 1 aliphatic heterocycles. The summed E-state index contributed by atoms with van der Waals surface area (Å²) in [5.74, 6) is -1.24. The van der Waals surface area contributed by atoms with Crippen LogP contribution < -0.4 is 9.46 Å². The molecule has 0 saturated heterocycles. The number of amides is 1. The second-order valence-electron chi connectivity index (χ2n) is 12.2. The molecule has 0 aliphatic carbocycles. The number of anilines is 1. The Morgan fingerprint density at radius 3 is 2.35 bits per heavy atom. The predicted molar refractivity (Wildman–Crippen MR) is 180 cm³/mol. The van der Waals surface area contributed by atoms with E-state index in [-0.39, 0.29) is 58.5 Å². The molecule has 1 amide bonds. The van der Waals surface area contributed by atoms with Crippen LogP contribution >= 0.6 is 0 Å². The highest BCUT2D eigenvalue weighted by molar-refractivity contribution is 7.92. The Hall–Kier alpha value is -3.56. The third kappa shape index (κ3) is 9.32. The summed E-state index contributed by atoms with van der Waals surface area (Å²) in [5.41, 5.74) is 0.161. The van der Waals surface area contributed by atoms with E-state index in [1.165, 1.54) is 46.6 Å². The number of carbonyl (C=O) groups excluding carboxylic acids is 1. The number of rotatable bonds is 9. The molecule has 4 rings (SSSR count). The van der Waals surface area contributed by atoms with Crippen molar-refractivity contribution in [2.75, 3.05) is 38.1 Å². The molecular weight excluding hydrogens is 662 g/mol. The van der Waals surface area contributed by atoms with Crippen LogP contribution in [0.25, 0.3) is 0 Å². The molecule has 11 nitrogen and oxygen atoms in total. The zero-order valence-electron chi connectivity index (χ0n) is 27.6. The number of benzene rings is 3. The molecule has 3 aromatic carbocycles. The van der Waals surface area contributed by atoms with Gasteiger partial charge in [-0.25, -0.2) is 21.2 Å². The molecule has 1 heterocycles. The number of ether oxygens (including phenoxy) is 2. The lowest BCUT2D eigenvalue weighted by atomic mass is 10.0. The van der Waals surface area contributed by atoms with Crippen molar-refractivity contribution in [3.63, 3.8) is 0 Å². The lowest BCUT2D eigenvalue weighted by Crippen LogP contribution is -2.48. The molecule has 0 spiro atoms. The number of aliphatic hydroxyl groups excluding tert-OH is 1. The van der Waals surface area contributed by atoms with Crippen molar-refractivity contribution < 1.29 is 40.6 Å². The topological polar surface area (TPSA) is 143 Å². The van der Waals surface area contributed by atoms with Gasteiger partial charge in [0.25, 0.3) is 15.9 Å². The normalized spacial score (nSPS) is 20.8. The number of nitrogens with one attached hydrogen (secondary N) is 1. The summed E-state index contributed by atoms with van der Waals surface area (Å²) < 4.78 is 82.5. The molecule has 48 heavy (non-hydrogen) atoms. The fourth-order valence-electron chi connectivity index (χ4n) is 5.40. The van der Waals surface area contributed by atoms with Gasteiger partial charge in [0, 0.05) is 38.3 Å². The minimum Gasteiger partial charge on any atom is -0.490 e. The van der Waals surface area contributed by atoms with Crippen LogP contribution in [0, 0.1) is 11.7 Å². The molecule has 3 aromatic rings. The monoisotopic (exact) mass is 705 g/mol. The van der Waals surface area contributed by atoms with E-state index in [1.807, 2.05) is 13.8 Å². The molecule has 0 unspecified atom stereocenters. The Kier molecular flexibility index (Phi) is 12.6. The van der Waals surface area contributed by atoms with Crippen LogP contribution in [0.5, 0.6) is 5.75 Å². The van der Waals surface area contributed by atoms with E-state index >= 15 is 0 Å². The Bertz CT molecular complexity index is 1740.